The van der Waals surface area contributed by atoms with Gasteiger partial charge in [0.1, 0.15) is 5.56 Å². The summed E-state index contributed by atoms with van der Waals surface area (Å²) in [5.74, 6) is -0.114. The van der Waals surface area contributed by atoms with Gasteiger partial charge in [0.05, 0.1) is 11.5 Å². The van der Waals surface area contributed by atoms with Crippen LogP contribution < -0.4 is 5.32 Å². The first-order chi connectivity index (χ1) is 11.7. The summed E-state index contributed by atoms with van der Waals surface area (Å²) < 4.78 is 5.05. The van der Waals surface area contributed by atoms with Crippen LogP contribution in [0.1, 0.15) is 17.3 Å². The molecule has 0 spiro atoms. The van der Waals surface area contributed by atoms with E-state index in [1.807, 2.05) is 23.8 Å². The van der Waals surface area contributed by atoms with Gasteiger partial charge >= 0.3 is 5.97 Å². The fraction of sp³-hybridized carbons (Fsp3) is 0.214. The van der Waals surface area contributed by atoms with Gasteiger partial charge in [-0.2, -0.15) is 0 Å². The second-order valence-corrected chi connectivity index (χ2v) is 7.05. The number of nitrogens with zero attached hydrogens (tertiary/aromatic N) is 4. The van der Waals surface area contributed by atoms with Gasteiger partial charge in [0, 0.05) is 6.20 Å². The normalized spacial score (nSPS) is 10.6. The minimum Gasteiger partial charge on any atom is -0.462 e. The van der Waals surface area contributed by atoms with Crippen LogP contribution in [0.4, 0.5) is 10.9 Å². The SMILES string of the molecule is CCOC(=O)c1cnc(SC)nc1Nc1nnc(-c2cccs2)s1. The molecule has 0 aliphatic carbocycles. The number of ether oxygens (including phenoxy) is 1. The monoisotopic (exact) mass is 379 g/mol. The standard InChI is InChI=1S/C14H13N5O2S3/c1-3-21-12(20)8-7-15-13(22-2)16-10(8)17-14-19-18-11(24-14)9-5-4-6-23-9/h4-7H,3H2,1-2H3,(H,15,16,17,19). The fourth-order valence-electron chi connectivity index (χ4n) is 1.79. The molecule has 3 aromatic rings. The van der Waals surface area contributed by atoms with E-state index in [4.69, 9.17) is 4.74 Å². The molecular formula is C14H13N5O2S3. The molecule has 0 unspecified atom stereocenters. The number of aromatic nitrogens is 4. The van der Waals surface area contributed by atoms with Gasteiger partial charge in [-0.3, -0.25) is 0 Å². The maximum Gasteiger partial charge on any atom is 0.343 e. The van der Waals surface area contributed by atoms with E-state index in [9.17, 15) is 4.79 Å². The molecule has 0 amide bonds. The molecule has 10 heteroatoms. The van der Waals surface area contributed by atoms with Crippen LogP contribution in [0.15, 0.2) is 28.9 Å². The van der Waals surface area contributed by atoms with Crippen LogP contribution in [-0.2, 0) is 4.74 Å². The van der Waals surface area contributed by atoms with Crippen molar-refractivity contribution in [3.63, 3.8) is 0 Å². The van der Waals surface area contributed by atoms with E-state index in [2.05, 4.69) is 25.5 Å². The Labute approximate surface area is 150 Å². The summed E-state index contributed by atoms with van der Waals surface area (Å²) in [6, 6.07) is 3.94. The zero-order chi connectivity index (χ0) is 16.9. The fourth-order valence-corrected chi connectivity index (χ4v) is 3.67. The van der Waals surface area contributed by atoms with Gasteiger partial charge in [-0.25, -0.2) is 14.8 Å². The third kappa shape index (κ3) is 3.71. The molecule has 0 aliphatic rings. The summed E-state index contributed by atoms with van der Waals surface area (Å²) >= 11 is 4.37. The van der Waals surface area contributed by atoms with Gasteiger partial charge in [0.15, 0.2) is 16.0 Å². The molecule has 0 atom stereocenters. The quantitative estimate of drug-likeness (QED) is 0.394. The molecule has 0 saturated heterocycles. The lowest BCUT2D eigenvalue weighted by molar-refractivity contribution is 0.0526. The van der Waals surface area contributed by atoms with Crippen molar-refractivity contribution in [2.75, 3.05) is 18.2 Å². The number of carbonyl (C=O) groups is 1. The third-order valence-corrected chi connectivity index (χ3v) is 5.27. The summed E-state index contributed by atoms with van der Waals surface area (Å²) in [7, 11) is 0. The lowest BCUT2D eigenvalue weighted by atomic mass is 10.3. The molecule has 1 N–H and O–H groups in total. The van der Waals surface area contributed by atoms with Gasteiger partial charge in [-0.05, 0) is 24.6 Å². The number of thiophene rings is 1. The number of hydrogen-bond donors (Lipinski definition) is 1. The number of nitrogens with one attached hydrogen (secondary N) is 1. The Morgan fingerprint density at radius 2 is 2.29 bits per heavy atom. The predicted molar refractivity (Wildman–Crippen MR) is 96.3 cm³/mol. The summed E-state index contributed by atoms with van der Waals surface area (Å²) in [4.78, 5) is 21.6. The molecule has 0 fully saturated rings. The minimum absolute atomic E-state index is 0.266. The van der Waals surface area contributed by atoms with Gasteiger partial charge in [0.25, 0.3) is 0 Å². The number of rotatable bonds is 6. The molecule has 0 bridgehead atoms. The summed E-state index contributed by atoms with van der Waals surface area (Å²) in [6.07, 6.45) is 3.32. The van der Waals surface area contributed by atoms with Crippen LogP contribution in [0.25, 0.3) is 9.88 Å². The van der Waals surface area contributed by atoms with E-state index in [0.29, 0.717) is 16.1 Å². The zero-order valence-electron chi connectivity index (χ0n) is 12.8. The first-order valence-corrected chi connectivity index (χ1v) is 9.86. The molecule has 24 heavy (non-hydrogen) atoms. The Morgan fingerprint density at radius 1 is 1.42 bits per heavy atom. The van der Waals surface area contributed by atoms with Gasteiger partial charge in [0.2, 0.25) is 5.13 Å². The van der Waals surface area contributed by atoms with Crippen molar-refractivity contribution >= 4 is 51.4 Å². The van der Waals surface area contributed by atoms with Crippen molar-refractivity contribution in [1.82, 2.24) is 20.2 Å². The Bertz CT molecular complexity index is 835. The molecule has 3 heterocycles. The van der Waals surface area contributed by atoms with Crippen LogP contribution in [-0.4, -0.2) is 39.0 Å². The molecule has 0 aliphatic heterocycles. The van der Waals surface area contributed by atoms with Crippen molar-refractivity contribution in [3.8, 4) is 9.88 Å². The maximum absolute atomic E-state index is 12.1. The van der Waals surface area contributed by atoms with Crippen LogP contribution in [0.2, 0.25) is 0 Å². The Hall–Kier alpha value is -2.04. The second kappa shape index (κ2) is 7.69. The van der Waals surface area contributed by atoms with Crippen molar-refractivity contribution < 1.29 is 9.53 Å². The van der Waals surface area contributed by atoms with Crippen LogP contribution >= 0.6 is 34.4 Å². The molecule has 124 valence electrons. The van der Waals surface area contributed by atoms with Crippen molar-refractivity contribution in [2.24, 2.45) is 0 Å². The Balaban J connectivity index is 1.89. The summed E-state index contributed by atoms with van der Waals surface area (Å²) in [5, 5.41) is 15.2. The van der Waals surface area contributed by atoms with Crippen molar-refractivity contribution in [3.05, 3.63) is 29.3 Å². The average molecular weight is 379 g/mol. The smallest absolute Gasteiger partial charge is 0.343 e. The molecule has 0 radical (unpaired) electrons. The number of anilines is 2. The highest BCUT2D eigenvalue weighted by Gasteiger charge is 2.18. The molecule has 3 aromatic heterocycles. The van der Waals surface area contributed by atoms with E-state index >= 15 is 0 Å². The molecule has 7 nitrogen and oxygen atoms in total. The number of thioether (sulfide) groups is 1. The van der Waals surface area contributed by atoms with E-state index in [0.717, 1.165) is 9.88 Å². The van der Waals surface area contributed by atoms with Crippen molar-refractivity contribution in [1.29, 1.82) is 0 Å². The molecular weight excluding hydrogens is 366 g/mol. The lowest BCUT2D eigenvalue weighted by Gasteiger charge is -2.08. The molecule has 0 aromatic carbocycles. The second-order valence-electron chi connectivity index (χ2n) is 4.35. The molecule has 0 saturated carbocycles. The van der Waals surface area contributed by atoms with Gasteiger partial charge in [-0.1, -0.05) is 29.2 Å². The van der Waals surface area contributed by atoms with Crippen LogP contribution in [0, 0.1) is 0 Å². The highest BCUT2D eigenvalue weighted by atomic mass is 32.2. The van der Waals surface area contributed by atoms with E-state index < -0.39 is 5.97 Å². The largest absolute Gasteiger partial charge is 0.462 e. The van der Waals surface area contributed by atoms with E-state index in [1.54, 1.807) is 18.3 Å². The van der Waals surface area contributed by atoms with Crippen molar-refractivity contribution in [2.45, 2.75) is 12.1 Å². The molecule has 3 rings (SSSR count). The number of esters is 1. The first-order valence-electron chi connectivity index (χ1n) is 6.93. The highest BCUT2D eigenvalue weighted by Crippen LogP contribution is 2.31. The Morgan fingerprint density at radius 3 is 3.00 bits per heavy atom. The lowest BCUT2D eigenvalue weighted by Crippen LogP contribution is -2.10. The van der Waals surface area contributed by atoms with Crippen LogP contribution in [0.3, 0.4) is 0 Å². The number of carbonyl (C=O) groups excluding carboxylic acids is 1. The third-order valence-electron chi connectivity index (χ3n) is 2.83. The van der Waals surface area contributed by atoms with E-state index in [1.165, 1.54) is 29.3 Å². The number of hydrogen-bond acceptors (Lipinski definition) is 10. The average Bonchev–Trinajstić information content (AvgIpc) is 3.26. The first kappa shape index (κ1) is 16.8. The topological polar surface area (TPSA) is 89.9 Å². The minimum atomic E-state index is -0.476. The highest BCUT2D eigenvalue weighted by molar-refractivity contribution is 7.98. The van der Waals surface area contributed by atoms with Crippen LogP contribution in [0.5, 0.6) is 0 Å². The zero-order valence-corrected chi connectivity index (χ0v) is 15.3. The predicted octanol–water partition coefficient (Wildman–Crippen LogP) is 3.70. The Kier molecular flexibility index (Phi) is 5.38. The summed E-state index contributed by atoms with van der Waals surface area (Å²) in [6.45, 7) is 2.03. The summed E-state index contributed by atoms with van der Waals surface area (Å²) in [5.41, 5.74) is 0.266. The van der Waals surface area contributed by atoms with Gasteiger partial charge < -0.3 is 10.1 Å². The van der Waals surface area contributed by atoms with Gasteiger partial charge in [-0.15, -0.1) is 21.5 Å². The maximum atomic E-state index is 12.1. The van der Waals surface area contributed by atoms with E-state index in [-0.39, 0.29) is 12.2 Å².